The molecule has 3 nitrogen and oxygen atoms in total. The zero-order chi connectivity index (χ0) is 14.5. The highest BCUT2D eigenvalue weighted by Crippen LogP contribution is 2.22. The summed E-state index contributed by atoms with van der Waals surface area (Å²) in [6, 6.07) is 7.87. The van der Waals surface area contributed by atoms with Gasteiger partial charge in [-0.25, -0.2) is 0 Å². The van der Waals surface area contributed by atoms with Crippen LogP contribution in [0.25, 0.3) is 0 Å². The van der Waals surface area contributed by atoms with E-state index in [9.17, 15) is 4.79 Å². The minimum Gasteiger partial charge on any atom is -0.347 e. The summed E-state index contributed by atoms with van der Waals surface area (Å²) in [4.78, 5) is 17.7. The number of amides is 1. The van der Waals surface area contributed by atoms with E-state index in [1.807, 2.05) is 36.6 Å². The largest absolute Gasteiger partial charge is 0.347 e. The van der Waals surface area contributed by atoms with Crippen molar-refractivity contribution in [2.45, 2.75) is 33.2 Å². The predicted molar refractivity (Wildman–Crippen MR) is 82.7 cm³/mol. The number of aryl methyl sites for hydroxylation is 1. The molecule has 0 aromatic carbocycles. The van der Waals surface area contributed by atoms with Gasteiger partial charge in [-0.1, -0.05) is 26.0 Å². The quantitative estimate of drug-likeness (QED) is 0.915. The first-order valence-corrected chi connectivity index (χ1v) is 7.69. The van der Waals surface area contributed by atoms with Crippen molar-refractivity contribution in [2.24, 2.45) is 5.92 Å². The third-order valence-corrected chi connectivity index (χ3v) is 4.12. The van der Waals surface area contributed by atoms with E-state index in [-0.39, 0.29) is 11.9 Å². The maximum atomic E-state index is 12.2. The molecule has 0 fully saturated rings. The Morgan fingerprint density at radius 3 is 2.75 bits per heavy atom. The van der Waals surface area contributed by atoms with Crippen LogP contribution in [0, 0.1) is 12.8 Å². The standard InChI is InChI=1S/C16H20N2OS/c1-11(2)15(16-12(3)6-4-8-17-16)18-14(19)10-13-7-5-9-20-13/h4-9,11,15H,10H2,1-3H3,(H,18,19)/t15-/m0/s1. The number of thiophene rings is 1. The number of aromatic nitrogens is 1. The van der Waals surface area contributed by atoms with Gasteiger partial charge in [0.15, 0.2) is 0 Å². The molecule has 0 aliphatic heterocycles. The van der Waals surface area contributed by atoms with Crippen LogP contribution in [0.4, 0.5) is 0 Å². The van der Waals surface area contributed by atoms with Gasteiger partial charge in [0.1, 0.15) is 0 Å². The summed E-state index contributed by atoms with van der Waals surface area (Å²) in [5, 5.41) is 5.11. The van der Waals surface area contributed by atoms with Gasteiger partial charge in [0, 0.05) is 11.1 Å². The molecule has 1 atom stereocenters. The van der Waals surface area contributed by atoms with Gasteiger partial charge < -0.3 is 5.32 Å². The van der Waals surface area contributed by atoms with Crippen LogP contribution < -0.4 is 5.32 Å². The zero-order valence-electron chi connectivity index (χ0n) is 12.1. The molecule has 1 amide bonds. The van der Waals surface area contributed by atoms with Crippen LogP contribution in [-0.2, 0) is 11.2 Å². The number of hydrogen-bond acceptors (Lipinski definition) is 3. The molecule has 0 aliphatic rings. The fraction of sp³-hybridized carbons (Fsp3) is 0.375. The van der Waals surface area contributed by atoms with Crippen LogP contribution in [0.2, 0.25) is 0 Å². The summed E-state index contributed by atoms with van der Waals surface area (Å²) in [7, 11) is 0. The summed E-state index contributed by atoms with van der Waals surface area (Å²) >= 11 is 1.61. The molecule has 0 saturated carbocycles. The number of carbonyl (C=O) groups is 1. The Hall–Kier alpha value is -1.68. The maximum absolute atomic E-state index is 12.2. The van der Waals surface area contributed by atoms with Gasteiger partial charge in [0.2, 0.25) is 5.91 Å². The number of rotatable bonds is 5. The lowest BCUT2D eigenvalue weighted by molar-refractivity contribution is -0.121. The Labute approximate surface area is 124 Å². The third-order valence-electron chi connectivity index (χ3n) is 3.24. The van der Waals surface area contributed by atoms with Crippen LogP contribution in [0.1, 0.15) is 36.0 Å². The summed E-state index contributed by atoms with van der Waals surface area (Å²) in [5.74, 6) is 0.354. The van der Waals surface area contributed by atoms with E-state index in [0.717, 1.165) is 16.1 Å². The van der Waals surface area contributed by atoms with Crippen LogP contribution in [0.3, 0.4) is 0 Å². The molecule has 2 aromatic rings. The maximum Gasteiger partial charge on any atom is 0.225 e. The van der Waals surface area contributed by atoms with Gasteiger partial charge in [0.25, 0.3) is 0 Å². The SMILES string of the molecule is Cc1cccnc1[C@@H](NC(=O)Cc1cccs1)C(C)C. The van der Waals surface area contributed by atoms with Crippen molar-refractivity contribution < 1.29 is 4.79 Å². The Morgan fingerprint density at radius 2 is 2.15 bits per heavy atom. The van der Waals surface area contributed by atoms with E-state index < -0.39 is 0 Å². The molecule has 4 heteroatoms. The van der Waals surface area contributed by atoms with Crippen molar-refractivity contribution in [1.82, 2.24) is 10.3 Å². The van der Waals surface area contributed by atoms with E-state index >= 15 is 0 Å². The second-order valence-electron chi connectivity index (χ2n) is 5.25. The molecule has 0 saturated heterocycles. The summed E-state index contributed by atoms with van der Waals surface area (Å²) in [5.41, 5.74) is 2.07. The van der Waals surface area contributed by atoms with Crippen LogP contribution >= 0.6 is 11.3 Å². The first kappa shape index (κ1) is 14.7. The highest BCUT2D eigenvalue weighted by molar-refractivity contribution is 7.10. The molecule has 20 heavy (non-hydrogen) atoms. The lowest BCUT2D eigenvalue weighted by atomic mass is 9.97. The van der Waals surface area contributed by atoms with E-state index in [2.05, 4.69) is 24.1 Å². The number of nitrogens with zero attached hydrogens (tertiary/aromatic N) is 1. The van der Waals surface area contributed by atoms with E-state index in [1.54, 1.807) is 17.5 Å². The van der Waals surface area contributed by atoms with Crippen molar-refractivity contribution in [3.63, 3.8) is 0 Å². The molecule has 1 N–H and O–H groups in total. The minimum absolute atomic E-state index is 0.0383. The number of pyridine rings is 1. The van der Waals surface area contributed by atoms with Crippen molar-refractivity contribution >= 4 is 17.2 Å². The van der Waals surface area contributed by atoms with Crippen molar-refractivity contribution in [3.05, 3.63) is 52.0 Å². The summed E-state index contributed by atoms with van der Waals surface area (Å²) in [6.45, 7) is 6.23. The Bertz CT molecular complexity index is 564. The molecule has 0 radical (unpaired) electrons. The second-order valence-corrected chi connectivity index (χ2v) is 6.28. The topological polar surface area (TPSA) is 42.0 Å². The van der Waals surface area contributed by atoms with E-state index in [4.69, 9.17) is 0 Å². The van der Waals surface area contributed by atoms with Crippen LogP contribution in [0.5, 0.6) is 0 Å². The minimum atomic E-state index is -0.0383. The third kappa shape index (κ3) is 3.67. The number of carbonyl (C=O) groups excluding carboxylic acids is 1. The first-order chi connectivity index (χ1) is 9.58. The Morgan fingerprint density at radius 1 is 1.35 bits per heavy atom. The predicted octanol–water partition coefficient (Wildman–Crippen LogP) is 3.51. The fourth-order valence-electron chi connectivity index (χ4n) is 2.17. The Balaban J connectivity index is 2.10. The first-order valence-electron chi connectivity index (χ1n) is 6.81. The fourth-order valence-corrected chi connectivity index (χ4v) is 2.87. The normalized spacial score (nSPS) is 12.4. The Kier molecular flexibility index (Phi) is 4.90. The van der Waals surface area contributed by atoms with Gasteiger partial charge in [0.05, 0.1) is 18.2 Å². The van der Waals surface area contributed by atoms with Crippen LogP contribution in [0.15, 0.2) is 35.8 Å². The number of nitrogens with one attached hydrogen (secondary N) is 1. The second kappa shape index (κ2) is 6.66. The lowest BCUT2D eigenvalue weighted by Gasteiger charge is -2.23. The van der Waals surface area contributed by atoms with Gasteiger partial charge in [-0.3, -0.25) is 9.78 Å². The average Bonchev–Trinajstić information content (AvgIpc) is 2.89. The number of hydrogen-bond donors (Lipinski definition) is 1. The molecule has 0 spiro atoms. The van der Waals surface area contributed by atoms with Gasteiger partial charge in [-0.15, -0.1) is 11.3 Å². The monoisotopic (exact) mass is 288 g/mol. The highest BCUT2D eigenvalue weighted by Gasteiger charge is 2.21. The highest BCUT2D eigenvalue weighted by atomic mass is 32.1. The molecule has 0 bridgehead atoms. The molecule has 2 rings (SSSR count). The lowest BCUT2D eigenvalue weighted by Crippen LogP contribution is -2.33. The molecular weight excluding hydrogens is 268 g/mol. The molecule has 2 aromatic heterocycles. The van der Waals surface area contributed by atoms with Gasteiger partial charge in [-0.2, -0.15) is 0 Å². The van der Waals surface area contributed by atoms with Crippen molar-refractivity contribution in [1.29, 1.82) is 0 Å². The summed E-state index contributed by atoms with van der Waals surface area (Å²) in [6.07, 6.45) is 2.22. The molecule has 0 unspecified atom stereocenters. The average molecular weight is 288 g/mol. The van der Waals surface area contributed by atoms with Crippen molar-refractivity contribution in [3.8, 4) is 0 Å². The summed E-state index contributed by atoms with van der Waals surface area (Å²) < 4.78 is 0. The van der Waals surface area contributed by atoms with Gasteiger partial charge >= 0.3 is 0 Å². The molecular formula is C16H20N2OS. The van der Waals surface area contributed by atoms with Crippen molar-refractivity contribution in [2.75, 3.05) is 0 Å². The smallest absolute Gasteiger partial charge is 0.225 e. The molecule has 0 aliphatic carbocycles. The molecule has 106 valence electrons. The van der Waals surface area contributed by atoms with Crippen LogP contribution in [-0.4, -0.2) is 10.9 Å². The van der Waals surface area contributed by atoms with E-state index in [0.29, 0.717) is 12.3 Å². The van der Waals surface area contributed by atoms with E-state index in [1.165, 1.54) is 0 Å². The van der Waals surface area contributed by atoms with Gasteiger partial charge in [-0.05, 0) is 35.9 Å². The molecule has 2 heterocycles. The zero-order valence-corrected chi connectivity index (χ0v) is 12.9.